The Labute approximate surface area is 117 Å². The molecular formula is C12H10BrNO5. The molecule has 0 aromatic heterocycles. The minimum absolute atomic E-state index is 0.102. The first-order chi connectivity index (χ1) is 8.84. The van der Waals surface area contributed by atoms with Gasteiger partial charge in [0.1, 0.15) is 5.56 Å². The SMILES string of the molecule is CC(Br)C(=O)c1c(C=CC(=O)O)cccc1[N+](=O)[O-]. The number of hydrogen-bond donors (Lipinski definition) is 1. The van der Waals surface area contributed by atoms with Crippen LogP contribution in [0.2, 0.25) is 0 Å². The highest BCUT2D eigenvalue weighted by molar-refractivity contribution is 9.10. The van der Waals surface area contributed by atoms with Crippen LogP contribution in [0, 0.1) is 10.1 Å². The van der Waals surface area contributed by atoms with Crippen molar-refractivity contribution in [2.75, 3.05) is 0 Å². The summed E-state index contributed by atoms with van der Waals surface area (Å²) in [4.78, 5) is 32.2. The maximum atomic E-state index is 12.0. The number of carbonyl (C=O) groups is 2. The number of carbonyl (C=O) groups excluding carboxylic acids is 1. The van der Waals surface area contributed by atoms with E-state index in [1.54, 1.807) is 6.92 Å². The first kappa shape index (κ1) is 15.0. The number of nitro benzene ring substituents is 1. The molecule has 6 nitrogen and oxygen atoms in total. The molecule has 1 aromatic rings. The lowest BCUT2D eigenvalue weighted by atomic mass is 9.99. The summed E-state index contributed by atoms with van der Waals surface area (Å²) in [5, 5.41) is 19.5. The average molecular weight is 328 g/mol. The Morgan fingerprint density at radius 1 is 1.47 bits per heavy atom. The van der Waals surface area contributed by atoms with Gasteiger partial charge in [0.25, 0.3) is 5.69 Å². The zero-order valence-electron chi connectivity index (χ0n) is 9.87. The van der Waals surface area contributed by atoms with Crippen molar-refractivity contribution in [1.29, 1.82) is 0 Å². The third kappa shape index (κ3) is 3.72. The number of alkyl halides is 1. The van der Waals surface area contributed by atoms with Crippen molar-refractivity contribution in [3.63, 3.8) is 0 Å². The lowest BCUT2D eigenvalue weighted by Gasteiger charge is -2.07. The Kier molecular flexibility index (Phi) is 4.94. The predicted molar refractivity (Wildman–Crippen MR) is 72.5 cm³/mol. The van der Waals surface area contributed by atoms with E-state index in [-0.39, 0.29) is 16.8 Å². The van der Waals surface area contributed by atoms with Crippen LogP contribution in [0.4, 0.5) is 5.69 Å². The number of aliphatic carboxylic acids is 1. The summed E-state index contributed by atoms with van der Waals surface area (Å²) >= 11 is 3.06. The van der Waals surface area contributed by atoms with Crippen molar-refractivity contribution in [1.82, 2.24) is 0 Å². The Morgan fingerprint density at radius 2 is 2.11 bits per heavy atom. The molecule has 0 spiro atoms. The summed E-state index contributed by atoms with van der Waals surface area (Å²) in [6.07, 6.45) is 1.99. The highest BCUT2D eigenvalue weighted by atomic mass is 79.9. The van der Waals surface area contributed by atoms with Gasteiger partial charge in [0.2, 0.25) is 0 Å². The number of rotatable bonds is 5. The fraction of sp³-hybridized carbons (Fsp3) is 0.167. The number of Topliss-reactive ketones (excluding diaryl/α,β-unsaturated/α-hetero) is 1. The van der Waals surface area contributed by atoms with Crippen molar-refractivity contribution < 1.29 is 19.6 Å². The first-order valence-corrected chi connectivity index (χ1v) is 6.13. The summed E-state index contributed by atoms with van der Waals surface area (Å²) < 4.78 is 0. The highest BCUT2D eigenvalue weighted by Crippen LogP contribution is 2.26. The first-order valence-electron chi connectivity index (χ1n) is 5.21. The van der Waals surface area contributed by atoms with Crippen LogP contribution in [0.25, 0.3) is 6.08 Å². The molecule has 0 heterocycles. The fourth-order valence-corrected chi connectivity index (χ4v) is 1.71. The summed E-state index contributed by atoms with van der Waals surface area (Å²) in [5.74, 6) is -1.67. The van der Waals surface area contributed by atoms with E-state index in [1.165, 1.54) is 18.2 Å². The van der Waals surface area contributed by atoms with E-state index >= 15 is 0 Å². The van der Waals surface area contributed by atoms with Crippen LogP contribution in [-0.4, -0.2) is 26.6 Å². The maximum Gasteiger partial charge on any atom is 0.328 e. The molecule has 7 heteroatoms. The van der Waals surface area contributed by atoms with Crippen molar-refractivity contribution in [2.45, 2.75) is 11.8 Å². The molecule has 0 bridgehead atoms. The highest BCUT2D eigenvalue weighted by Gasteiger charge is 2.25. The topological polar surface area (TPSA) is 97.5 Å². The largest absolute Gasteiger partial charge is 0.478 e. The Morgan fingerprint density at radius 3 is 2.58 bits per heavy atom. The Balaban J connectivity index is 3.46. The third-order valence-corrected chi connectivity index (χ3v) is 2.70. The van der Waals surface area contributed by atoms with E-state index in [4.69, 9.17) is 5.11 Å². The van der Waals surface area contributed by atoms with Crippen LogP contribution in [0.15, 0.2) is 24.3 Å². The summed E-state index contributed by atoms with van der Waals surface area (Å²) in [6.45, 7) is 1.55. The van der Waals surface area contributed by atoms with Crippen molar-refractivity contribution in [3.8, 4) is 0 Å². The van der Waals surface area contributed by atoms with E-state index in [0.29, 0.717) is 0 Å². The molecule has 0 radical (unpaired) electrons. The van der Waals surface area contributed by atoms with E-state index < -0.39 is 21.5 Å². The zero-order valence-corrected chi connectivity index (χ0v) is 11.5. The normalized spacial score (nSPS) is 12.3. The van der Waals surface area contributed by atoms with Crippen molar-refractivity contribution in [2.24, 2.45) is 0 Å². The molecule has 1 unspecified atom stereocenters. The molecule has 19 heavy (non-hydrogen) atoms. The number of hydrogen-bond acceptors (Lipinski definition) is 4. The fourth-order valence-electron chi connectivity index (χ4n) is 1.48. The molecule has 1 N–H and O–H groups in total. The molecule has 0 aliphatic rings. The van der Waals surface area contributed by atoms with Crippen LogP contribution in [-0.2, 0) is 4.79 Å². The van der Waals surface area contributed by atoms with Gasteiger partial charge in [0.15, 0.2) is 5.78 Å². The van der Waals surface area contributed by atoms with E-state index in [2.05, 4.69) is 15.9 Å². The summed E-state index contributed by atoms with van der Waals surface area (Å²) in [7, 11) is 0. The molecule has 1 atom stereocenters. The van der Waals surface area contributed by atoms with Crippen molar-refractivity contribution in [3.05, 3.63) is 45.5 Å². The number of carboxylic acid groups (broad SMARTS) is 1. The van der Waals surface area contributed by atoms with Gasteiger partial charge >= 0.3 is 5.97 Å². The van der Waals surface area contributed by atoms with Gasteiger partial charge in [-0.05, 0) is 18.6 Å². The molecule has 0 aliphatic heterocycles. The number of carboxylic acids is 1. The van der Waals surface area contributed by atoms with Gasteiger partial charge in [0, 0.05) is 12.1 Å². The molecule has 1 aromatic carbocycles. The van der Waals surface area contributed by atoms with Gasteiger partial charge in [0.05, 0.1) is 9.75 Å². The molecule has 1 rings (SSSR count). The Bertz CT molecular complexity index is 565. The minimum Gasteiger partial charge on any atom is -0.478 e. The second kappa shape index (κ2) is 6.24. The maximum absolute atomic E-state index is 12.0. The lowest BCUT2D eigenvalue weighted by molar-refractivity contribution is -0.385. The second-order valence-electron chi connectivity index (χ2n) is 3.65. The zero-order chi connectivity index (χ0) is 14.6. The smallest absolute Gasteiger partial charge is 0.328 e. The van der Waals surface area contributed by atoms with Crippen LogP contribution < -0.4 is 0 Å². The molecule has 0 fully saturated rings. The van der Waals surface area contributed by atoms with Gasteiger partial charge in [-0.25, -0.2) is 4.79 Å². The van der Waals surface area contributed by atoms with Crippen LogP contribution >= 0.6 is 15.9 Å². The van der Waals surface area contributed by atoms with Gasteiger partial charge in [-0.2, -0.15) is 0 Å². The molecule has 0 amide bonds. The second-order valence-corrected chi connectivity index (χ2v) is 5.02. The molecular weight excluding hydrogens is 318 g/mol. The van der Waals surface area contributed by atoms with Crippen LogP contribution in [0.1, 0.15) is 22.8 Å². The lowest BCUT2D eigenvalue weighted by Crippen LogP contribution is -2.14. The van der Waals surface area contributed by atoms with Gasteiger partial charge < -0.3 is 5.11 Å². The molecule has 0 saturated heterocycles. The summed E-state index contributed by atoms with van der Waals surface area (Å²) in [6, 6.07) is 4.06. The molecule has 0 aliphatic carbocycles. The number of ketones is 1. The van der Waals surface area contributed by atoms with Crippen LogP contribution in [0.3, 0.4) is 0 Å². The average Bonchev–Trinajstić information content (AvgIpc) is 2.34. The van der Waals surface area contributed by atoms with E-state index in [9.17, 15) is 19.7 Å². The van der Waals surface area contributed by atoms with Gasteiger partial charge in [-0.1, -0.05) is 28.1 Å². The third-order valence-electron chi connectivity index (χ3n) is 2.28. The molecule has 0 saturated carbocycles. The van der Waals surface area contributed by atoms with Crippen molar-refractivity contribution >= 4 is 39.4 Å². The van der Waals surface area contributed by atoms with Crippen LogP contribution in [0.5, 0.6) is 0 Å². The number of nitrogens with zero attached hydrogens (tertiary/aromatic N) is 1. The van der Waals surface area contributed by atoms with Gasteiger partial charge in [-0.3, -0.25) is 14.9 Å². The quantitative estimate of drug-likeness (QED) is 0.295. The summed E-state index contributed by atoms with van der Waals surface area (Å²) in [5.41, 5.74) is -0.244. The number of benzene rings is 1. The van der Waals surface area contributed by atoms with E-state index in [1.807, 2.05) is 0 Å². The Hall–Kier alpha value is -2.02. The monoisotopic (exact) mass is 327 g/mol. The number of halogens is 1. The molecule has 100 valence electrons. The predicted octanol–water partition coefficient (Wildman–Crippen LogP) is 2.66. The van der Waals surface area contributed by atoms with E-state index in [0.717, 1.165) is 12.2 Å². The standard InChI is InChI=1S/C12H10BrNO5/c1-7(13)12(17)11-8(5-6-10(15)16)3-2-4-9(11)14(18)19/h2-7H,1H3,(H,15,16). The van der Waals surface area contributed by atoms with Gasteiger partial charge in [-0.15, -0.1) is 0 Å². The minimum atomic E-state index is -1.20. The number of nitro groups is 1.